The van der Waals surface area contributed by atoms with Crippen molar-refractivity contribution in [3.8, 4) is 5.75 Å². The van der Waals surface area contributed by atoms with Crippen LogP contribution in [0.2, 0.25) is 5.02 Å². The van der Waals surface area contributed by atoms with Gasteiger partial charge >= 0.3 is 5.97 Å². The predicted molar refractivity (Wildman–Crippen MR) is 122 cm³/mol. The van der Waals surface area contributed by atoms with E-state index in [0.29, 0.717) is 25.6 Å². The molecule has 0 unspecified atom stereocenters. The van der Waals surface area contributed by atoms with Crippen LogP contribution in [-0.4, -0.2) is 32.7 Å². The van der Waals surface area contributed by atoms with Gasteiger partial charge < -0.3 is 9.84 Å². The van der Waals surface area contributed by atoms with Crippen molar-refractivity contribution in [2.45, 2.75) is 13.0 Å². The number of rotatable bonds is 7. The first-order chi connectivity index (χ1) is 13.8. The number of carbonyl (C=O) groups excluding carboxylic acids is 1. The molecule has 1 aliphatic rings. The summed E-state index contributed by atoms with van der Waals surface area (Å²) in [6.07, 6.45) is 1.54. The molecule has 0 atom stereocenters. The number of carbonyl (C=O) groups is 2. The van der Waals surface area contributed by atoms with Crippen LogP contribution in [-0.2, 0) is 16.2 Å². The summed E-state index contributed by atoms with van der Waals surface area (Å²) in [6, 6.07) is 12.9. The quantitative estimate of drug-likeness (QED) is 0.398. The fourth-order valence-electron chi connectivity index (χ4n) is 2.58. The predicted octanol–water partition coefficient (Wildman–Crippen LogP) is 5.36. The van der Waals surface area contributed by atoms with Gasteiger partial charge in [-0.15, -0.1) is 0 Å². The molecule has 0 bridgehead atoms. The molecule has 0 spiro atoms. The normalized spacial score (nSPS) is 15.2. The van der Waals surface area contributed by atoms with Gasteiger partial charge in [0.15, 0.2) is 0 Å². The Morgan fingerprint density at radius 3 is 2.79 bits per heavy atom. The topological polar surface area (TPSA) is 66.8 Å². The van der Waals surface area contributed by atoms with Crippen molar-refractivity contribution in [1.29, 1.82) is 0 Å². The summed E-state index contributed by atoms with van der Waals surface area (Å²) in [7, 11) is 0. The molecule has 29 heavy (non-hydrogen) atoms. The average Bonchev–Trinajstić information content (AvgIpc) is 2.93. The van der Waals surface area contributed by atoms with Gasteiger partial charge in [-0.2, -0.15) is 0 Å². The van der Waals surface area contributed by atoms with Crippen molar-refractivity contribution in [3.05, 3.63) is 68.0 Å². The van der Waals surface area contributed by atoms with Crippen molar-refractivity contribution < 1.29 is 19.4 Å². The molecule has 0 aliphatic carbocycles. The van der Waals surface area contributed by atoms with Gasteiger partial charge in [0.05, 0.1) is 11.3 Å². The van der Waals surface area contributed by atoms with Crippen LogP contribution in [0.4, 0.5) is 0 Å². The number of carboxylic acids is 1. The largest absolute Gasteiger partial charge is 0.488 e. The number of hydrogen-bond acceptors (Lipinski definition) is 5. The second-order valence-electron chi connectivity index (χ2n) is 6.04. The zero-order valence-corrected chi connectivity index (χ0v) is 18.9. The smallest absolute Gasteiger partial charge is 0.305 e. The van der Waals surface area contributed by atoms with Crippen LogP contribution in [0.1, 0.15) is 17.5 Å². The lowest BCUT2D eigenvalue weighted by Gasteiger charge is -2.12. The molecule has 1 amide bonds. The maximum Gasteiger partial charge on any atom is 0.305 e. The van der Waals surface area contributed by atoms with Crippen molar-refractivity contribution in [1.82, 2.24) is 4.90 Å². The Hall–Kier alpha value is -1.87. The molecule has 1 aliphatic heterocycles. The summed E-state index contributed by atoms with van der Waals surface area (Å²) in [5, 5.41) is 9.47. The van der Waals surface area contributed by atoms with Crippen LogP contribution in [0.3, 0.4) is 0 Å². The van der Waals surface area contributed by atoms with Crippen LogP contribution in [0.15, 0.2) is 51.8 Å². The highest BCUT2D eigenvalue weighted by Gasteiger charge is 2.32. The van der Waals surface area contributed by atoms with Crippen LogP contribution in [0.25, 0.3) is 6.08 Å². The van der Waals surface area contributed by atoms with E-state index in [1.807, 2.05) is 30.3 Å². The van der Waals surface area contributed by atoms with E-state index in [4.69, 9.17) is 33.7 Å². The van der Waals surface area contributed by atoms with E-state index in [0.717, 1.165) is 21.8 Å². The second kappa shape index (κ2) is 9.75. The van der Waals surface area contributed by atoms with E-state index in [1.165, 1.54) is 4.90 Å². The first-order valence-electron chi connectivity index (χ1n) is 8.48. The summed E-state index contributed by atoms with van der Waals surface area (Å²) in [5.74, 6) is -0.701. The van der Waals surface area contributed by atoms with Gasteiger partial charge in [0.1, 0.15) is 16.7 Å². The van der Waals surface area contributed by atoms with Crippen molar-refractivity contribution in [3.63, 3.8) is 0 Å². The highest BCUT2D eigenvalue weighted by Crippen LogP contribution is 2.35. The number of benzene rings is 2. The second-order valence-corrected chi connectivity index (χ2v) is 9.04. The molecular formula is C20H15BrClNO4S2. The Bertz CT molecular complexity index is 1010. The molecule has 2 aromatic rings. The lowest BCUT2D eigenvalue weighted by Crippen LogP contribution is -2.30. The first kappa shape index (κ1) is 21.8. The van der Waals surface area contributed by atoms with E-state index in [1.54, 1.807) is 18.2 Å². The Balaban J connectivity index is 1.82. The number of thiocarbonyl (C=S) groups is 1. The molecule has 5 nitrogen and oxygen atoms in total. The standard InChI is InChI=1S/C20H15BrClNO4S2/c21-14-5-6-16(27-11-12-3-1-2-4-15(12)22)13(9-14)10-17-19(26)23(20(28)29-17)8-7-18(24)25/h1-6,9-10H,7-8,11H2,(H,24,25). The highest BCUT2D eigenvalue weighted by molar-refractivity contribution is 9.10. The fraction of sp³-hybridized carbons (Fsp3) is 0.150. The summed E-state index contributed by atoms with van der Waals surface area (Å²) in [6.45, 7) is 0.327. The van der Waals surface area contributed by atoms with Crippen LogP contribution in [0, 0.1) is 0 Å². The van der Waals surface area contributed by atoms with E-state index in [-0.39, 0.29) is 25.5 Å². The van der Waals surface area contributed by atoms with E-state index < -0.39 is 5.97 Å². The number of hydrogen-bond donors (Lipinski definition) is 1. The number of thioether (sulfide) groups is 1. The van der Waals surface area contributed by atoms with Gasteiger partial charge in [0, 0.05) is 27.2 Å². The minimum atomic E-state index is -0.981. The molecule has 1 N–H and O–H groups in total. The molecule has 1 heterocycles. The van der Waals surface area contributed by atoms with Gasteiger partial charge in [-0.3, -0.25) is 14.5 Å². The number of carboxylic acid groups (broad SMARTS) is 1. The molecule has 150 valence electrons. The van der Waals surface area contributed by atoms with Gasteiger partial charge in [0.25, 0.3) is 5.91 Å². The summed E-state index contributed by atoms with van der Waals surface area (Å²) in [5.41, 5.74) is 1.55. The maximum atomic E-state index is 12.6. The molecule has 0 radical (unpaired) electrons. The van der Waals surface area contributed by atoms with Gasteiger partial charge in [0.2, 0.25) is 0 Å². The lowest BCUT2D eigenvalue weighted by molar-refractivity contribution is -0.137. The number of nitrogens with zero attached hydrogens (tertiary/aromatic N) is 1. The molecule has 3 rings (SSSR count). The number of amides is 1. The molecule has 0 aromatic heterocycles. The minimum absolute atomic E-state index is 0.0473. The number of aliphatic carboxylic acids is 1. The van der Waals surface area contributed by atoms with E-state index in [2.05, 4.69) is 15.9 Å². The van der Waals surface area contributed by atoms with Crippen LogP contribution < -0.4 is 4.74 Å². The third-order valence-electron chi connectivity index (χ3n) is 4.02. The molecule has 1 fully saturated rings. The Morgan fingerprint density at radius 2 is 2.07 bits per heavy atom. The van der Waals surface area contributed by atoms with Gasteiger partial charge in [-0.25, -0.2) is 0 Å². The molecule has 2 aromatic carbocycles. The SMILES string of the molecule is O=C(O)CCN1C(=O)C(=Cc2cc(Br)ccc2OCc2ccccc2Cl)SC1=S. The Labute approximate surface area is 190 Å². The first-order valence-corrected chi connectivity index (χ1v) is 10.9. The molecule has 0 saturated carbocycles. The summed E-state index contributed by atoms with van der Waals surface area (Å²) in [4.78, 5) is 25.2. The maximum absolute atomic E-state index is 12.6. The zero-order valence-electron chi connectivity index (χ0n) is 14.9. The van der Waals surface area contributed by atoms with Crippen LogP contribution >= 0.6 is 51.5 Å². The lowest BCUT2D eigenvalue weighted by atomic mass is 10.1. The van der Waals surface area contributed by atoms with Crippen molar-refractivity contribution >= 4 is 73.8 Å². The van der Waals surface area contributed by atoms with Gasteiger partial charge in [-0.05, 0) is 30.3 Å². The average molecular weight is 513 g/mol. The Morgan fingerprint density at radius 1 is 1.31 bits per heavy atom. The van der Waals surface area contributed by atoms with Crippen LogP contribution in [0.5, 0.6) is 5.75 Å². The number of ether oxygens (including phenoxy) is 1. The fourth-order valence-corrected chi connectivity index (χ4v) is 4.44. The number of halogens is 2. The molecule has 9 heteroatoms. The monoisotopic (exact) mass is 511 g/mol. The summed E-state index contributed by atoms with van der Waals surface area (Å²) < 4.78 is 7.12. The Kier molecular flexibility index (Phi) is 7.34. The third kappa shape index (κ3) is 5.60. The zero-order chi connectivity index (χ0) is 21.0. The minimum Gasteiger partial charge on any atom is -0.488 e. The third-order valence-corrected chi connectivity index (χ3v) is 6.26. The van der Waals surface area contributed by atoms with E-state index in [9.17, 15) is 9.59 Å². The van der Waals surface area contributed by atoms with Crippen molar-refractivity contribution in [2.75, 3.05) is 6.54 Å². The molecule has 1 saturated heterocycles. The van der Waals surface area contributed by atoms with E-state index >= 15 is 0 Å². The summed E-state index contributed by atoms with van der Waals surface area (Å²) >= 11 is 16.0. The molecular weight excluding hydrogens is 498 g/mol. The highest BCUT2D eigenvalue weighted by atomic mass is 79.9. The van der Waals surface area contributed by atoms with Gasteiger partial charge in [-0.1, -0.05) is 69.7 Å². The van der Waals surface area contributed by atoms with Crippen molar-refractivity contribution in [2.24, 2.45) is 0 Å².